The third-order valence-electron chi connectivity index (χ3n) is 2.00. The van der Waals surface area contributed by atoms with Gasteiger partial charge in [0.05, 0.1) is 23.0 Å². The molecule has 5 nitrogen and oxygen atoms in total. The minimum atomic E-state index is -1.90. The van der Waals surface area contributed by atoms with Crippen LogP contribution in [0.15, 0.2) is 29.3 Å². The largest absolute Gasteiger partial charge is 0.313 e. The average Bonchev–Trinajstić information content (AvgIpc) is 2.18. The molecule has 2 aromatic rings. The van der Waals surface area contributed by atoms with E-state index in [1.807, 2.05) is 0 Å². The number of hydrogen-bond donors (Lipinski definition) is 2. The van der Waals surface area contributed by atoms with Crippen LogP contribution < -0.4 is 5.56 Å². The summed E-state index contributed by atoms with van der Waals surface area (Å²) in [6.07, 6.45) is 1.33. The van der Waals surface area contributed by atoms with Gasteiger partial charge in [-0.15, -0.1) is 0 Å². The van der Waals surface area contributed by atoms with Crippen LogP contribution >= 0.6 is 0 Å². The van der Waals surface area contributed by atoms with Crippen molar-refractivity contribution in [3.8, 4) is 0 Å². The molecule has 0 saturated heterocycles. The van der Waals surface area contributed by atoms with Crippen LogP contribution in [0.4, 0.5) is 0 Å². The van der Waals surface area contributed by atoms with Gasteiger partial charge in [-0.05, 0) is 17.7 Å². The summed E-state index contributed by atoms with van der Waals surface area (Å²) >= 11 is -1.90. The molecule has 0 saturated carbocycles. The van der Waals surface area contributed by atoms with Gasteiger partial charge in [0.1, 0.15) is 0 Å². The van der Waals surface area contributed by atoms with Gasteiger partial charge in [0.15, 0.2) is 11.1 Å². The van der Waals surface area contributed by atoms with E-state index in [4.69, 9.17) is 4.55 Å². The van der Waals surface area contributed by atoms with E-state index in [1.165, 1.54) is 6.33 Å². The van der Waals surface area contributed by atoms with Gasteiger partial charge < -0.3 is 9.54 Å². The SMILES string of the molecule is O=c1[nH]cnc2ccc(CS(=O)O)cc12. The minimum absolute atomic E-state index is 0.0181. The summed E-state index contributed by atoms with van der Waals surface area (Å²) in [5.74, 6) is 0.0181. The predicted octanol–water partition coefficient (Wildman–Crippen LogP) is 0.645. The zero-order chi connectivity index (χ0) is 10.8. The minimum Gasteiger partial charge on any atom is -0.313 e. The van der Waals surface area contributed by atoms with Gasteiger partial charge >= 0.3 is 0 Å². The van der Waals surface area contributed by atoms with Gasteiger partial charge in [-0.25, -0.2) is 9.19 Å². The molecule has 78 valence electrons. The van der Waals surface area contributed by atoms with Crippen molar-refractivity contribution < 1.29 is 8.76 Å². The first-order chi connectivity index (χ1) is 7.16. The molecule has 0 aliphatic rings. The first-order valence-electron chi connectivity index (χ1n) is 4.20. The molecule has 0 radical (unpaired) electrons. The number of aromatic nitrogens is 2. The molecule has 0 aliphatic heterocycles. The van der Waals surface area contributed by atoms with Crippen LogP contribution in [0.25, 0.3) is 10.9 Å². The van der Waals surface area contributed by atoms with Crippen molar-refractivity contribution in [3.63, 3.8) is 0 Å². The Labute approximate surface area is 87.5 Å². The predicted molar refractivity (Wildman–Crippen MR) is 56.8 cm³/mol. The summed E-state index contributed by atoms with van der Waals surface area (Å²) in [5.41, 5.74) is 0.971. The van der Waals surface area contributed by atoms with Crippen LogP contribution in [-0.4, -0.2) is 18.7 Å². The van der Waals surface area contributed by atoms with E-state index in [9.17, 15) is 9.00 Å². The zero-order valence-electron chi connectivity index (χ0n) is 7.64. The molecular formula is C9H8N2O3S. The Bertz CT molecular complexity index is 579. The van der Waals surface area contributed by atoms with Gasteiger partial charge in [-0.2, -0.15) is 0 Å². The van der Waals surface area contributed by atoms with Crippen molar-refractivity contribution in [2.24, 2.45) is 0 Å². The van der Waals surface area contributed by atoms with Gasteiger partial charge in [0.25, 0.3) is 5.56 Å². The van der Waals surface area contributed by atoms with Crippen molar-refractivity contribution in [2.75, 3.05) is 0 Å². The number of aromatic amines is 1. The Morgan fingerprint density at radius 2 is 2.27 bits per heavy atom. The summed E-state index contributed by atoms with van der Waals surface area (Å²) in [7, 11) is 0. The fourth-order valence-corrected chi connectivity index (χ4v) is 1.81. The Hall–Kier alpha value is -1.53. The normalized spacial score (nSPS) is 12.9. The number of fused-ring (bicyclic) bond motifs is 1. The molecule has 0 spiro atoms. The Morgan fingerprint density at radius 3 is 3.00 bits per heavy atom. The lowest BCUT2D eigenvalue weighted by Crippen LogP contribution is -2.06. The smallest absolute Gasteiger partial charge is 0.258 e. The number of H-pyrrole nitrogens is 1. The fraction of sp³-hybridized carbons (Fsp3) is 0.111. The maximum atomic E-state index is 11.4. The third kappa shape index (κ3) is 2.11. The molecule has 2 N–H and O–H groups in total. The third-order valence-corrected chi connectivity index (χ3v) is 2.58. The van der Waals surface area contributed by atoms with Crippen LogP contribution in [0.3, 0.4) is 0 Å². The van der Waals surface area contributed by atoms with E-state index >= 15 is 0 Å². The van der Waals surface area contributed by atoms with Gasteiger partial charge in [0, 0.05) is 0 Å². The molecule has 1 aromatic heterocycles. The highest BCUT2D eigenvalue weighted by Gasteiger charge is 2.03. The molecule has 0 amide bonds. The molecular weight excluding hydrogens is 216 g/mol. The molecule has 1 aromatic carbocycles. The summed E-state index contributed by atoms with van der Waals surface area (Å²) in [6, 6.07) is 4.92. The van der Waals surface area contributed by atoms with Crippen molar-refractivity contribution in [1.29, 1.82) is 0 Å². The Morgan fingerprint density at radius 1 is 1.47 bits per heavy atom. The van der Waals surface area contributed by atoms with E-state index in [-0.39, 0.29) is 11.3 Å². The van der Waals surface area contributed by atoms with Gasteiger partial charge in [-0.1, -0.05) is 6.07 Å². The van der Waals surface area contributed by atoms with Gasteiger partial charge in [0.2, 0.25) is 0 Å². The van der Waals surface area contributed by atoms with Crippen molar-refractivity contribution in [2.45, 2.75) is 5.75 Å². The maximum absolute atomic E-state index is 11.4. The highest BCUT2D eigenvalue weighted by Crippen LogP contribution is 2.10. The summed E-state index contributed by atoms with van der Waals surface area (Å²) in [5, 5.41) is 0.431. The molecule has 2 rings (SSSR count). The highest BCUT2D eigenvalue weighted by atomic mass is 32.2. The number of hydrogen-bond acceptors (Lipinski definition) is 3. The molecule has 1 heterocycles. The number of benzene rings is 1. The zero-order valence-corrected chi connectivity index (χ0v) is 8.45. The van der Waals surface area contributed by atoms with Crippen LogP contribution in [0.1, 0.15) is 5.56 Å². The van der Waals surface area contributed by atoms with E-state index < -0.39 is 11.1 Å². The van der Waals surface area contributed by atoms with Crippen LogP contribution in [0, 0.1) is 0 Å². The van der Waals surface area contributed by atoms with Crippen LogP contribution in [-0.2, 0) is 16.8 Å². The van der Waals surface area contributed by atoms with Crippen molar-refractivity contribution >= 4 is 22.0 Å². The molecule has 0 fully saturated rings. The Balaban J connectivity index is 2.59. The first-order valence-corrected chi connectivity index (χ1v) is 5.48. The van der Waals surface area contributed by atoms with E-state index in [1.54, 1.807) is 18.2 Å². The highest BCUT2D eigenvalue weighted by molar-refractivity contribution is 7.78. The summed E-state index contributed by atoms with van der Waals surface area (Å²) < 4.78 is 19.3. The van der Waals surface area contributed by atoms with E-state index in [0.29, 0.717) is 16.5 Å². The molecule has 1 atom stereocenters. The van der Waals surface area contributed by atoms with Crippen molar-refractivity contribution in [1.82, 2.24) is 9.97 Å². The lowest BCUT2D eigenvalue weighted by atomic mass is 10.2. The molecule has 1 unspecified atom stereocenters. The molecule has 15 heavy (non-hydrogen) atoms. The van der Waals surface area contributed by atoms with Gasteiger partial charge in [-0.3, -0.25) is 4.79 Å². The maximum Gasteiger partial charge on any atom is 0.258 e. The monoisotopic (exact) mass is 224 g/mol. The summed E-state index contributed by atoms with van der Waals surface area (Å²) in [6.45, 7) is 0. The second-order valence-electron chi connectivity index (χ2n) is 3.05. The topological polar surface area (TPSA) is 83.0 Å². The van der Waals surface area contributed by atoms with Crippen LogP contribution in [0.5, 0.6) is 0 Å². The number of nitrogens with zero attached hydrogens (tertiary/aromatic N) is 1. The standard InChI is InChI=1S/C9H8N2O3S/c12-9-7-3-6(4-15(13)14)1-2-8(7)10-5-11-9/h1-3,5H,4H2,(H,13,14)(H,10,11,12). The summed E-state index contributed by atoms with van der Waals surface area (Å²) in [4.78, 5) is 17.8. The second-order valence-corrected chi connectivity index (χ2v) is 3.98. The average molecular weight is 224 g/mol. The van der Waals surface area contributed by atoms with Crippen LogP contribution in [0.2, 0.25) is 0 Å². The molecule has 0 bridgehead atoms. The van der Waals surface area contributed by atoms with Crippen molar-refractivity contribution in [3.05, 3.63) is 40.4 Å². The number of rotatable bonds is 2. The number of nitrogens with one attached hydrogen (secondary N) is 1. The lowest BCUT2D eigenvalue weighted by Gasteiger charge is -1.99. The molecule has 6 heteroatoms. The van der Waals surface area contributed by atoms with E-state index in [0.717, 1.165) is 0 Å². The second kappa shape index (κ2) is 3.92. The first kappa shape index (κ1) is 10.0. The fourth-order valence-electron chi connectivity index (χ4n) is 1.35. The lowest BCUT2D eigenvalue weighted by molar-refractivity contribution is 0.563. The molecule has 0 aliphatic carbocycles. The quantitative estimate of drug-likeness (QED) is 0.733. The van der Waals surface area contributed by atoms with E-state index in [2.05, 4.69) is 9.97 Å². The Kier molecular flexibility index (Phi) is 2.61.